The zero-order valence-electron chi connectivity index (χ0n) is 17.9. The summed E-state index contributed by atoms with van der Waals surface area (Å²) in [5.41, 5.74) is 4.57. The predicted octanol–water partition coefficient (Wildman–Crippen LogP) is 4.49. The molecule has 154 valence electrons. The molecule has 4 heteroatoms. The first-order valence-electron chi connectivity index (χ1n) is 10.6. The van der Waals surface area contributed by atoms with Crippen molar-refractivity contribution in [3.63, 3.8) is 0 Å². The van der Waals surface area contributed by atoms with Gasteiger partial charge in [-0.15, -0.1) is 0 Å². The van der Waals surface area contributed by atoms with Crippen molar-refractivity contribution in [2.75, 3.05) is 7.05 Å². The second-order valence-corrected chi connectivity index (χ2v) is 8.38. The lowest BCUT2D eigenvalue weighted by Crippen LogP contribution is -2.40. The van der Waals surface area contributed by atoms with E-state index in [1.165, 1.54) is 5.56 Å². The second kappa shape index (κ2) is 9.25. The highest BCUT2D eigenvalue weighted by Crippen LogP contribution is 2.34. The number of hydrogen-bond donors (Lipinski definition) is 2. The van der Waals surface area contributed by atoms with Gasteiger partial charge in [0.05, 0.1) is 6.04 Å². The van der Waals surface area contributed by atoms with Crippen molar-refractivity contribution in [2.24, 2.45) is 11.8 Å². The quantitative estimate of drug-likeness (QED) is 0.761. The van der Waals surface area contributed by atoms with E-state index in [-0.39, 0.29) is 29.7 Å². The lowest BCUT2D eigenvalue weighted by molar-refractivity contribution is -0.133. The summed E-state index contributed by atoms with van der Waals surface area (Å²) in [6.07, 6.45) is 2.45. The van der Waals surface area contributed by atoms with E-state index in [0.717, 1.165) is 36.0 Å². The molecule has 3 atom stereocenters. The molecule has 0 aliphatic heterocycles. The Labute approximate surface area is 174 Å². The molecular weight excluding hydrogens is 360 g/mol. The van der Waals surface area contributed by atoms with Crippen LogP contribution in [0.15, 0.2) is 48.5 Å². The second-order valence-electron chi connectivity index (χ2n) is 8.38. The molecule has 0 radical (unpaired) electrons. The Hall–Kier alpha value is -2.62. The smallest absolute Gasteiger partial charge is 0.224 e. The van der Waals surface area contributed by atoms with Crippen molar-refractivity contribution in [1.29, 1.82) is 0 Å². The summed E-state index contributed by atoms with van der Waals surface area (Å²) in [5.74, 6) is -0.103. The molecule has 0 aromatic heterocycles. The summed E-state index contributed by atoms with van der Waals surface area (Å²) in [5, 5.41) is 5.99. The Morgan fingerprint density at radius 3 is 2.07 bits per heavy atom. The van der Waals surface area contributed by atoms with Crippen molar-refractivity contribution in [3.05, 3.63) is 70.8 Å². The maximum absolute atomic E-state index is 13.2. The van der Waals surface area contributed by atoms with Gasteiger partial charge < -0.3 is 10.6 Å². The highest BCUT2D eigenvalue weighted by atomic mass is 16.2. The van der Waals surface area contributed by atoms with E-state index < -0.39 is 0 Å². The molecule has 2 aromatic rings. The number of hydrogen-bond acceptors (Lipinski definition) is 2. The van der Waals surface area contributed by atoms with Crippen LogP contribution in [0.4, 0.5) is 0 Å². The molecule has 29 heavy (non-hydrogen) atoms. The molecule has 3 rings (SSSR count). The first-order valence-corrected chi connectivity index (χ1v) is 10.6. The van der Waals surface area contributed by atoms with Crippen LogP contribution in [0.3, 0.4) is 0 Å². The maximum atomic E-state index is 13.2. The SMILES string of the molecule is CNC(=O)C1CCCC1C(=O)NC(c1ccc(C(C)C)cc1)c1ccccc1C. The van der Waals surface area contributed by atoms with Crippen LogP contribution in [0.25, 0.3) is 0 Å². The third-order valence-electron chi connectivity index (χ3n) is 6.16. The number of rotatable bonds is 6. The van der Waals surface area contributed by atoms with E-state index in [9.17, 15) is 9.59 Å². The minimum atomic E-state index is -0.267. The highest BCUT2D eigenvalue weighted by molar-refractivity contribution is 5.88. The highest BCUT2D eigenvalue weighted by Gasteiger charge is 2.38. The van der Waals surface area contributed by atoms with Gasteiger partial charge in [-0.2, -0.15) is 0 Å². The predicted molar refractivity (Wildman–Crippen MR) is 117 cm³/mol. The van der Waals surface area contributed by atoms with Crippen molar-refractivity contribution in [3.8, 4) is 0 Å². The molecule has 0 saturated heterocycles. The van der Waals surface area contributed by atoms with Crippen LogP contribution in [-0.2, 0) is 9.59 Å². The molecule has 1 saturated carbocycles. The molecule has 0 spiro atoms. The lowest BCUT2D eigenvalue weighted by atomic mass is 9.90. The molecule has 1 aliphatic carbocycles. The topological polar surface area (TPSA) is 58.2 Å². The zero-order valence-corrected chi connectivity index (χ0v) is 17.9. The van der Waals surface area contributed by atoms with E-state index in [1.807, 2.05) is 12.1 Å². The van der Waals surface area contributed by atoms with Crippen molar-refractivity contribution in [1.82, 2.24) is 10.6 Å². The molecule has 0 heterocycles. The lowest BCUT2D eigenvalue weighted by Gasteiger charge is -2.25. The Morgan fingerprint density at radius 1 is 0.897 bits per heavy atom. The Morgan fingerprint density at radius 2 is 1.48 bits per heavy atom. The van der Waals surface area contributed by atoms with E-state index >= 15 is 0 Å². The standard InChI is InChI=1S/C25H32N2O2/c1-16(2)18-12-14-19(15-13-18)23(20-9-6-5-8-17(20)3)27-25(29)22-11-7-10-21(22)24(28)26-4/h5-6,8-9,12-16,21-23H,7,10-11H2,1-4H3,(H,26,28)(H,27,29). The van der Waals surface area contributed by atoms with Gasteiger partial charge in [0.15, 0.2) is 0 Å². The normalized spacial score (nSPS) is 19.8. The van der Waals surface area contributed by atoms with E-state index in [1.54, 1.807) is 7.05 Å². The zero-order chi connectivity index (χ0) is 21.0. The first kappa shape index (κ1) is 21.1. The minimum Gasteiger partial charge on any atom is -0.359 e. The number of carbonyl (C=O) groups is 2. The Bertz CT molecular complexity index is 857. The molecule has 2 amide bonds. The summed E-state index contributed by atoms with van der Waals surface area (Å²) < 4.78 is 0. The van der Waals surface area contributed by atoms with Crippen LogP contribution in [-0.4, -0.2) is 18.9 Å². The van der Waals surface area contributed by atoms with Gasteiger partial charge in [-0.05, 0) is 47.9 Å². The van der Waals surface area contributed by atoms with Crippen LogP contribution in [0.2, 0.25) is 0 Å². The number of carbonyl (C=O) groups excluding carboxylic acids is 2. The molecule has 4 nitrogen and oxygen atoms in total. The van der Waals surface area contributed by atoms with Gasteiger partial charge in [0, 0.05) is 18.9 Å². The molecular formula is C25H32N2O2. The number of nitrogens with one attached hydrogen (secondary N) is 2. The molecule has 1 fully saturated rings. The van der Waals surface area contributed by atoms with Gasteiger partial charge in [0.1, 0.15) is 0 Å². The molecule has 2 aromatic carbocycles. The van der Waals surface area contributed by atoms with Gasteiger partial charge in [0.2, 0.25) is 11.8 Å². The summed E-state index contributed by atoms with van der Waals surface area (Å²) in [7, 11) is 1.64. The molecule has 2 N–H and O–H groups in total. The third kappa shape index (κ3) is 4.69. The fraction of sp³-hybridized carbons (Fsp3) is 0.440. The summed E-state index contributed by atoms with van der Waals surface area (Å²) in [6, 6.07) is 16.4. The fourth-order valence-corrected chi connectivity index (χ4v) is 4.35. The van der Waals surface area contributed by atoms with Crippen LogP contribution < -0.4 is 10.6 Å². The van der Waals surface area contributed by atoms with Gasteiger partial charge >= 0.3 is 0 Å². The van der Waals surface area contributed by atoms with E-state index in [0.29, 0.717) is 5.92 Å². The van der Waals surface area contributed by atoms with Crippen LogP contribution in [0.1, 0.15) is 67.3 Å². The third-order valence-corrected chi connectivity index (χ3v) is 6.16. The Balaban J connectivity index is 1.90. The maximum Gasteiger partial charge on any atom is 0.224 e. The van der Waals surface area contributed by atoms with Crippen LogP contribution in [0.5, 0.6) is 0 Å². The average molecular weight is 393 g/mol. The monoisotopic (exact) mass is 392 g/mol. The molecule has 3 unspecified atom stereocenters. The van der Waals surface area contributed by atoms with E-state index in [4.69, 9.17) is 0 Å². The molecule has 0 bridgehead atoms. The summed E-state index contributed by atoms with van der Waals surface area (Å²) in [6.45, 7) is 6.42. The fourth-order valence-electron chi connectivity index (χ4n) is 4.35. The number of benzene rings is 2. The first-order chi connectivity index (χ1) is 13.9. The largest absolute Gasteiger partial charge is 0.359 e. The Kier molecular flexibility index (Phi) is 6.73. The van der Waals surface area contributed by atoms with Crippen LogP contribution in [0, 0.1) is 18.8 Å². The van der Waals surface area contributed by atoms with Gasteiger partial charge in [-0.25, -0.2) is 0 Å². The van der Waals surface area contributed by atoms with Gasteiger partial charge in [-0.1, -0.05) is 68.8 Å². The number of aryl methyl sites for hydroxylation is 1. The van der Waals surface area contributed by atoms with Crippen molar-refractivity contribution < 1.29 is 9.59 Å². The average Bonchev–Trinajstić information content (AvgIpc) is 3.22. The summed E-state index contributed by atoms with van der Waals surface area (Å²) in [4.78, 5) is 25.4. The van der Waals surface area contributed by atoms with Crippen molar-refractivity contribution >= 4 is 11.8 Å². The minimum absolute atomic E-state index is 0.0303. The van der Waals surface area contributed by atoms with Gasteiger partial charge in [-0.3, -0.25) is 9.59 Å². The molecule has 1 aliphatic rings. The van der Waals surface area contributed by atoms with E-state index in [2.05, 4.69) is 67.8 Å². The summed E-state index contributed by atoms with van der Waals surface area (Å²) >= 11 is 0. The van der Waals surface area contributed by atoms with Crippen molar-refractivity contribution in [2.45, 2.75) is 52.0 Å². The number of amides is 2. The van der Waals surface area contributed by atoms with Gasteiger partial charge in [0.25, 0.3) is 0 Å². The van der Waals surface area contributed by atoms with Crippen LogP contribution >= 0.6 is 0 Å².